The molecule has 1 aliphatic carbocycles. The summed E-state index contributed by atoms with van der Waals surface area (Å²) < 4.78 is 21.2. The molecule has 1 heterocycles. The van der Waals surface area contributed by atoms with Crippen molar-refractivity contribution in [2.45, 2.75) is 44.6 Å². The number of para-hydroxylation sites is 1. The average Bonchev–Trinajstić information content (AvgIpc) is 2.93. The van der Waals surface area contributed by atoms with E-state index in [0.29, 0.717) is 27.9 Å². The Kier molecular flexibility index (Phi) is 7.59. The van der Waals surface area contributed by atoms with Gasteiger partial charge < -0.3 is 4.74 Å². The molecule has 10 heteroatoms. The van der Waals surface area contributed by atoms with Gasteiger partial charge in [-0.1, -0.05) is 53.4 Å². The first-order chi connectivity index (χ1) is 18.4. The maximum absolute atomic E-state index is 13.6. The first-order valence-corrected chi connectivity index (χ1v) is 13.1. The Morgan fingerprint density at radius 3 is 2.63 bits per heavy atom. The van der Waals surface area contributed by atoms with Crippen LogP contribution in [-0.2, 0) is 6.61 Å². The zero-order valence-corrected chi connectivity index (χ0v) is 21.9. The molecule has 5 rings (SSSR count). The van der Waals surface area contributed by atoms with Crippen LogP contribution in [0.25, 0.3) is 10.9 Å². The number of hydrogen-bond donors (Lipinski definition) is 0. The lowest BCUT2D eigenvalue weighted by Gasteiger charge is -2.22. The van der Waals surface area contributed by atoms with Crippen LogP contribution >= 0.6 is 15.9 Å². The van der Waals surface area contributed by atoms with Gasteiger partial charge in [0.05, 0.1) is 22.0 Å². The lowest BCUT2D eigenvalue weighted by molar-refractivity contribution is -0.385. The Bertz CT molecular complexity index is 1580. The SMILES string of the molecule is O=c1c2cc(Br)ccc2nc(C2CCCCC2)n1N=Cc1cccc([N+](=O)[O-])c1OCc1ccc(F)cc1. The van der Waals surface area contributed by atoms with Crippen molar-refractivity contribution in [3.8, 4) is 5.75 Å². The van der Waals surface area contributed by atoms with Crippen molar-refractivity contribution in [3.05, 3.63) is 108 Å². The van der Waals surface area contributed by atoms with Gasteiger partial charge in [-0.05, 0) is 54.8 Å². The monoisotopic (exact) mass is 578 g/mol. The summed E-state index contributed by atoms with van der Waals surface area (Å²) in [7, 11) is 0. The second kappa shape index (κ2) is 11.2. The van der Waals surface area contributed by atoms with Crippen molar-refractivity contribution in [2.24, 2.45) is 5.10 Å². The molecule has 0 radical (unpaired) electrons. The van der Waals surface area contributed by atoms with Gasteiger partial charge in [0.2, 0.25) is 5.75 Å². The molecule has 0 unspecified atom stereocenters. The van der Waals surface area contributed by atoms with Gasteiger partial charge in [-0.15, -0.1) is 0 Å². The number of aromatic nitrogens is 2. The van der Waals surface area contributed by atoms with Crippen LogP contribution in [0.4, 0.5) is 10.1 Å². The molecule has 8 nitrogen and oxygen atoms in total. The highest BCUT2D eigenvalue weighted by Gasteiger charge is 2.23. The second-order valence-electron chi connectivity index (χ2n) is 9.20. The van der Waals surface area contributed by atoms with Crippen molar-refractivity contribution in [1.29, 1.82) is 0 Å². The minimum Gasteiger partial charge on any atom is -0.481 e. The van der Waals surface area contributed by atoms with E-state index in [1.54, 1.807) is 24.3 Å². The fourth-order valence-corrected chi connectivity index (χ4v) is 5.06. The summed E-state index contributed by atoms with van der Waals surface area (Å²) >= 11 is 3.42. The Morgan fingerprint density at radius 1 is 1.13 bits per heavy atom. The van der Waals surface area contributed by atoms with Crippen LogP contribution in [0, 0.1) is 15.9 Å². The molecule has 0 bridgehead atoms. The van der Waals surface area contributed by atoms with Crippen LogP contribution in [-0.4, -0.2) is 20.8 Å². The van der Waals surface area contributed by atoms with Crippen molar-refractivity contribution < 1.29 is 14.1 Å². The summed E-state index contributed by atoms with van der Waals surface area (Å²) in [4.78, 5) is 29.6. The quantitative estimate of drug-likeness (QED) is 0.138. The zero-order valence-electron chi connectivity index (χ0n) is 20.3. The lowest BCUT2D eigenvalue weighted by atomic mass is 9.88. The molecule has 0 saturated heterocycles. The number of halogens is 2. The molecule has 1 aromatic heterocycles. The summed E-state index contributed by atoms with van der Waals surface area (Å²) in [5, 5.41) is 16.7. The number of hydrogen-bond acceptors (Lipinski definition) is 6. The van der Waals surface area contributed by atoms with Crippen LogP contribution in [0.1, 0.15) is 55.0 Å². The summed E-state index contributed by atoms with van der Waals surface area (Å²) in [5.41, 5.74) is 1.03. The summed E-state index contributed by atoms with van der Waals surface area (Å²) in [5.74, 6) is 0.290. The minimum atomic E-state index is -0.536. The molecular weight excluding hydrogens is 555 g/mol. The van der Waals surface area contributed by atoms with Crippen molar-refractivity contribution in [3.63, 3.8) is 0 Å². The molecule has 0 amide bonds. The van der Waals surface area contributed by atoms with E-state index in [1.807, 2.05) is 12.1 Å². The number of fused-ring (bicyclic) bond motifs is 1. The van der Waals surface area contributed by atoms with E-state index < -0.39 is 4.92 Å². The highest BCUT2D eigenvalue weighted by molar-refractivity contribution is 9.10. The highest BCUT2D eigenvalue weighted by atomic mass is 79.9. The molecule has 0 aliphatic heterocycles. The molecule has 0 spiro atoms. The normalized spacial score (nSPS) is 14.3. The Labute approximate surface area is 226 Å². The Balaban J connectivity index is 1.58. The molecule has 1 fully saturated rings. The summed E-state index contributed by atoms with van der Waals surface area (Å²) in [6.07, 6.45) is 6.46. The molecule has 4 aromatic rings. The van der Waals surface area contributed by atoms with Crippen LogP contribution in [0.3, 0.4) is 0 Å². The maximum Gasteiger partial charge on any atom is 0.311 e. The molecule has 0 atom stereocenters. The Hall–Kier alpha value is -3.92. The maximum atomic E-state index is 13.6. The molecular formula is C28H24BrFN4O4. The van der Waals surface area contributed by atoms with E-state index in [2.05, 4.69) is 21.0 Å². The van der Waals surface area contributed by atoms with Gasteiger partial charge in [-0.3, -0.25) is 14.9 Å². The number of nitro groups is 1. The van der Waals surface area contributed by atoms with Crippen LogP contribution < -0.4 is 10.3 Å². The predicted molar refractivity (Wildman–Crippen MR) is 146 cm³/mol. The lowest BCUT2D eigenvalue weighted by Crippen LogP contribution is -2.25. The number of nitrogens with zero attached hydrogens (tertiary/aromatic N) is 4. The van der Waals surface area contributed by atoms with E-state index in [1.165, 1.54) is 35.2 Å². The number of ether oxygens (including phenoxy) is 1. The molecule has 0 N–H and O–H groups in total. The van der Waals surface area contributed by atoms with Gasteiger partial charge >= 0.3 is 5.69 Å². The minimum absolute atomic E-state index is 0.00864. The molecule has 38 heavy (non-hydrogen) atoms. The van der Waals surface area contributed by atoms with E-state index in [-0.39, 0.29) is 35.3 Å². The standard InChI is InChI=1S/C28H24BrFN4O4/c29-21-11-14-24-23(15-21)28(35)33(27(32-24)19-5-2-1-3-6-19)31-16-20-7-4-8-25(34(36)37)26(20)38-17-18-9-12-22(30)13-10-18/h4,7-16,19H,1-3,5-6,17H2. The second-order valence-corrected chi connectivity index (χ2v) is 10.1. The van der Waals surface area contributed by atoms with Gasteiger partial charge in [0.1, 0.15) is 18.2 Å². The Morgan fingerprint density at radius 2 is 1.89 bits per heavy atom. The van der Waals surface area contributed by atoms with E-state index in [9.17, 15) is 19.3 Å². The third kappa shape index (κ3) is 5.50. The number of rotatable bonds is 7. The first kappa shape index (κ1) is 25.7. The van der Waals surface area contributed by atoms with Gasteiger partial charge in [0.15, 0.2) is 0 Å². The smallest absolute Gasteiger partial charge is 0.311 e. The summed E-state index contributed by atoms with van der Waals surface area (Å²) in [6.45, 7) is -0.00912. The van der Waals surface area contributed by atoms with Gasteiger partial charge in [0, 0.05) is 22.0 Å². The topological polar surface area (TPSA) is 99.6 Å². The zero-order chi connectivity index (χ0) is 26.6. The molecule has 1 saturated carbocycles. The average molecular weight is 579 g/mol. The third-order valence-electron chi connectivity index (χ3n) is 6.63. The fourth-order valence-electron chi connectivity index (χ4n) is 4.70. The molecule has 3 aromatic carbocycles. The molecule has 194 valence electrons. The van der Waals surface area contributed by atoms with Crippen molar-refractivity contribution in [2.75, 3.05) is 0 Å². The van der Waals surface area contributed by atoms with Crippen molar-refractivity contribution in [1.82, 2.24) is 9.66 Å². The van der Waals surface area contributed by atoms with Gasteiger partial charge in [-0.25, -0.2) is 9.37 Å². The van der Waals surface area contributed by atoms with E-state index in [0.717, 1.165) is 36.6 Å². The van der Waals surface area contributed by atoms with E-state index in [4.69, 9.17) is 9.72 Å². The van der Waals surface area contributed by atoms with E-state index >= 15 is 0 Å². The van der Waals surface area contributed by atoms with Crippen molar-refractivity contribution >= 4 is 38.7 Å². The fraction of sp³-hybridized carbons (Fsp3) is 0.250. The first-order valence-electron chi connectivity index (χ1n) is 12.3. The third-order valence-corrected chi connectivity index (χ3v) is 7.13. The largest absolute Gasteiger partial charge is 0.481 e. The molecule has 1 aliphatic rings. The van der Waals surface area contributed by atoms with Gasteiger partial charge in [-0.2, -0.15) is 9.78 Å². The number of benzene rings is 3. The van der Waals surface area contributed by atoms with Gasteiger partial charge in [0.25, 0.3) is 5.56 Å². The van der Waals surface area contributed by atoms with Crippen LogP contribution in [0.15, 0.2) is 75.0 Å². The highest BCUT2D eigenvalue weighted by Crippen LogP contribution is 2.33. The number of nitro benzene ring substituents is 1. The van der Waals surface area contributed by atoms with Crippen LogP contribution in [0.2, 0.25) is 0 Å². The predicted octanol–water partition coefficient (Wildman–Crippen LogP) is 6.72. The van der Waals surface area contributed by atoms with Crippen LogP contribution in [0.5, 0.6) is 5.75 Å². The summed E-state index contributed by atoms with van der Waals surface area (Å²) in [6, 6.07) is 15.6.